The van der Waals surface area contributed by atoms with E-state index < -0.39 is 12.0 Å². The van der Waals surface area contributed by atoms with Gasteiger partial charge in [0.05, 0.1) is 10.8 Å². The largest absolute Gasteiger partial charge is 0.480 e. The topological polar surface area (TPSA) is 57.6 Å². The van der Waals surface area contributed by atoms with Gasteiger partial charge in [-0.3, -0.25) is 4.79 Å². The number of thioether (sulfide) groups is 1. The fourth-order valence-corrected chi connectivity index (χ4v) is 2.35. The second kappa shape index (κ2) is 6.66. The summed E-state index contributed by atoms with van der Waals surface area (Å²) in [4.78, 5) is 24.5. The van der Waals surface area contributed by atoms with Crippen LogP contribution < -0.4 is 0 Å². The van der Waals surface area contributed by atoms with Gasteiger partial charge >= 0.3 is 5.97 Å². The molecule has 18 heavy (non-hydrogen) atoms. The van der Waals surface area contributed by atoms with Crippen LogP contribution in [0.25, 0.3) is 0 Å². The van der Waals surface area contributed by atoms with Gasteiger partial charge in [0.2, 0.25) is 5.91 Å². The van der Waals surface area contributed by atoms with Crippen LogP contribution in [0.15, 0.2) is 29.2 Å². The number of carbonyl (C=O) groups excluding carboxylic acids is 1. The summed E-state index contributed by atoms with van der Waals surface area (Å²) in [6, 6.07) is 6.39. The SMILES string of the molecule is CC(C(=O)O)N(C)C(=O)CSc1ccccc1Cl. The van der Waals surface area contributed by atoms with Crippen molar-refractivity contribution in [2.75, 3.05) is 12.8 Å². The number of carbonyl (C=O) groups is 2. The molecule has 4 nitrogen and oxygen atoms in total. The van der Waals surface area contributed by atoms with Crippen molar-refractivity contribution < 1.29 is 14.7 Å². The lowest BCUT2D eigenvalue weighted by Crippen LogP contribution is -2.41. The average Bonchev–Trinajstić information content (AvgIpc) is 2.35. The molecule has 1 aromatic rings. The summed E-state index contributed by atoms with van der Waals surface area (Å²) >= 11 is 7.26. The Hall–Kier alpha value is -1.20. The van der Waals surface area contributed by atoms with E-state index in [0.29, 0.717) is 5.02 Å². The molecule has 0 aliphatic heterocycles. The zero-order valence-corrected chi connectivity index (χ0v) is 11.7. The molecule has 0 heterocycles. The highest BCUT2D eigenvalue weighted by atomic mass is 35.5. The molecule has 1 aromatic carbocycles. The van der Waals surface area contributed by atoms with Crippen LogP contribution in [0.3, 0.4) is 0 Å². The van der Waals surface area contributed by atoms with Gasteiger partial charge in [-0.25, -0.2) is 4.79 Å². The summed E-state index contributed by atoms with van der Waals surface area (Å²) in [5.41, 5.74) is 0. The first kappa shape index (κ1) is 14.9. The number of hydrogen-bond acceptors (Lipinski definition) is 3. The van der Waals surface area contributed by atoms with Crippen molar-refractivity contribution in [2.24, 2.45) is 0 Å². The molecule has 1 N–H and O–H groups in total. The minimum absolute atomic E-state index is 0.165. The number of hydrogen-bond donors (Lipinski definition) is 1. The summed E-state index contributed by atoms with van der Waals surface area (Å²) in [6.45, 7) is 1.47. The maximum atomic E-state index is 11.8. The van der Waals surface area contributed by atoms with Crippen molar-refractivity contribution in [1.82, 2.24) is 4.90 Å². The standard InChI is InChI=1S/C12H14ClNO3S/c1-8(12(16)17)14(2)11(15)7-18-10-6-4-3-5-9(10)13/h3-6,8H,7H2,1-2H3,(H,16,17). The molecule has 0 radical (unpaired) electrons. The second-order valence-corrected chi connectivity index (χ2v) is 5.16. The second-order valence-electron chi connectivity index (χ2n) is 3.74. The predicted molar refractivity (Wildman–Crippen MR) is 72.0 cm³/mol. The van der Waals surface area contributed by atoms with E-state index in [9.17, 15) is 9.59 Å². The molecular weight excluding hydrogens is 274 g/mol. The van der Waals surface area contributed by atoms with Crippen LogP contribution >= 0.6 is 23.4 Å². The Balaban J connectivity index is 2.56. The van der Waals surface area contributed by atoms with Crippen LogP contribution in [0.5, 0.6) is 0 Å². The van der Waals surface area contributed by atoms with Crippen LogP contribution in [0.1, 0.15) is 6.92 Å². The molecular formula is C12H14ClNO3S. The smallest absolute Gasteiger partial charge is 0.326 e. The Morgan fingerprint density at radius 3 is 2.61 bits per heavy atom. The molecule has 0 saturated heterocycles. The third kappa shape index (κ3) is 3.92. The molecule has 1 atom stereocenters. The van der Waals surface area contributed by atoms with Gasteiger partial charge in [0.25, 0.3) is 0 Å². The minimum atomic E-state index is -1.02. The number of rotatable bonds is 5. The van der Waals surface area contributed by atoms with Crippen LogP contribution in [0, 0.1) is 0 Å². The molecule has 0 aromatic heterocycles. The van der Waals surface area contributed by atoms with Crippen molar-refractivity contribution >= 4 is 35.2 Å². The van der Waals surface area contributed by atoms with E-state index in [1.807, 2.05) is 18.2 Å². The molecule has 0 spiro atoms. The Labute approximate surface area is 115 Å². The van der Waals surface area contributed by atoms with E-state index in [-0.39, 0.29) is 11.7 Å². The minimum Gasteiger partial charge on any atom is -0.480 e. The maximum Gasteiger partial charge on any atom is 0.326 e. The first-order chi connectivity index (χ1) is 8.43. The van der Waals surface area contributed by atoms with Gasteiger partial charge in [0.1, 0.15) is 6.04 Å². The van der Waals surface area contributed by atoms with Gasteiger partial charge in [-0.05, 0) is 19.1 Å². The number of aliphatic carboxylic acids is 1. The molecule has 0 aliphatic rings. The number of benzene rings is 1. The van der Waals surface area contributed by atoms with Crippen molar-refractivity contribution in [3.05, 3.63) is 29.3 Å². The summed E-state index contributed by atoms with van der Waals surface area (Å²) in [5.74, 6) is -1.10. The Kier molecular flexibility index (Phi) is 5.50. The third-order valence-electron chi connectivity index (χ3n) is 2.52. The third-order valence-corrected chi connectivity index (χ3v) is 4.02. The van der Waals surface area contributed by atoms with Crippen LogP contribution in [-0.2, 0) is 9.59 Å². The average molecular weight is 288 g/mol. The van der Waals surface area contributed by atoms with Gasteiger partial charge in [0.15, 0.2) is 0 Å². The summed E-state index contributed by atoms with van der Waals surface area (Å²) in [7, 11) is 1.48. The number of carboxylic acids is 1. The van der Waals surface area contributed by atoms with E-state index in [0.717, 1.165) is 4.90 Å². The maximum absolute atomic E-state index is 11.8. The Morgan fingerprint density at radius 2 is 2.06 bits per heavy atom. The fourth-order valence-electron chi connectivity index (χ4n) is 1.18. The van der Waals surface area contributed by atoms with E-state index >= 15 is 0 Å². The highest BCUT2D eigenvalue weighted by Crippen LogP contribution is 2.26. The summed E-state index contributed by atoms with van der Waals surface area (Å²) < 4.78 is 0. The predicted octanol–water partition coefficient (Wildman–Crippen LogP) is 2.36. The van der Waals surface area contributed by atoms with Crippen molar-refractivity contribution in [1.29, 1.82) is 0 Å². The monoisotopic (exact) mass is 287 g/mol. The zero-order chi connectivity index (χ0) is 13.7. The number of nitrogens with zero attached hydrogens (tertiary/aromatic N) is 1. The van der Waals surface area contributed by atoms with Crippen molar-refractivity contribution in [3.8, 4) is 0 Å². The number of amides is 1. The van der Waals surface area contributed by atoms with Gasteiger partial charge in [-0.2, -0.15) is 0 Å². The number of halogens is 1. The molecule has 1 amide bonds. The highest BCUT2D eigenvalue weighted by molar-refractivity contribution is 8.00. The zero-order valence-electron chi connectivity index (χ0n) is 10.1. The summed E-state index contributed by atoms with van der Waals surface area (Å²) in [6.07, 6.45) is 0. The van der Waals surface area contributed by atoms with E-state index in [1.165, 1.54) is 30.6 Å². The van der Waals surface area contributed by atoms with Crippen LogP contribution in [0.2, 0.25) is 5.02 Å². The molecule has 0 bridgehead atoms. The van der Waals surface area contributed by atoms with Crippen LogP contribution in [0.4, 0.5) is 0 Å². The van der Waals surface area contributed by atoms with Gasteiger partial charge < -0.3 is 10.0 Å². The summed E-state index contributed by atoms with van der Waals surface area (Å²) in [5, 5.41) is 9.40. The number of carboxylic acid groups (broad SMARTS) is 1. The molecule has 98 valence electrons. The van der Waals surface area contributed by atoms with E-state index in [2.05, 4.69) is 0 Å². The lowest BCUT2D eigenvalue weighted by molar-refractivity contribution is -0.147. The van der Waals surface area contributed by atoms with Crippen molar-refractivity contribution in [3.63, 3.8) is 0 Å². The normalized spacial score (nSPS) is 11.9. The van der Waals surface area contributed by atoms with Crippen LogP contribution in [-0.4, -0.2) is 40.7 Å². The first-order valence-corrected chi connectivity index (χ1v) is 6.65. The van der Waals surface area contributed by atoms with E-state index in [4.69, 9.17) is 16.7 Å². The molecule has 1 rings (SSSR count). The molecule has 1 unspecified atom stereocenters. The molecule has 6 heteroatoms. The van der Waals surface area contributed by atoms with Gasteiger partial charge in [-0.15, -0.1) is 11.8 Å². The lowest BCUT2D eigenvalue weighted by Gasteiger charge is -2.21. The van der Waals surface area contributed by atoms with Crippen molar-refractivity contribution in [2.45, 2.75) is 17.9 Å². The highest BCUT2D eigenvalue weighted by Gasteiger charge is 2.21. The van der Waals surface area contributed by atoms with E-state index in [1.54, 1.807) is 6.07 Å². The molecule has 0 fully saturated rings. The van der Waals surface area contributed by atoms with Gasteiger partial charge in [-0.1, -0.05) is 23.7 Å². The molecule has 0 aliphatic carbocycles. The first-order valence-electron chi connectivity index (χ1n) is 5.29. The Morgan fingerprint density at radius 1 is 1.44 bits per heavy atom. The number of likely N-dealkylation sites (N-methyl/N-ethyl adjacent to an activating group) is 1. The Bertz CT molecular complexity index is 453. The quantitative estimate of drug-likeness (QED) is 0.845. The lowest BCUT2D eigenvalue weighted by atomic mass is 10.3. The van der Waals surface area contributed by atoms with Gasteiger partial charge in [0, 0.05) is 11.9 Å². The fraction of sp³-hybridized carbons (Fsp3) is 0.333. The molecule has 0 saturated carbocycles.